The molecule has 1 saturated carbocycles. The minimum atomic E-state index is 0.101. The summed E-state index contributed by atoms with van der Waals surface area (Å²) in [7, 11) is 0. The monoisotopic (exact) mass is 370 g/mol. The first kappa shape index (κ1) is 19.9. The van der Waals surface area contributed by atoms with Gasteiger partial charge in [0, 0.05) is 32.0 Å². The lowest BCUT2D eigenvalue weighted by molar-refractivity contribution is -0.137. The maximum absolute atomic E-state index is 12.7. The SMILES string of the molecule is O=C(CCCCC(=O)N1CCCC2CCCCC21)NCCc1ccccc1. The average Bonchev–Trinajstić information content (AvgIpc) is 2.71. The van der Waals surface area contributed by atoms with Crippen molar-refractivity contribution < 1.29 is 9.59 Å². The molecule has 0 radical (unpaired) electrons. The molecule has 2 amide bonds. The van der Waals surface area contributed by atoms with E-state index in [4.69, 9.17) is 0 Å². The van der Waals surface area contributed by atoms with Gasteiger partial charge in [-0.3, -0.25) is 9.59 Å². The Bertz CT molecular complexity index is 600. The van der Waals surface area contributed by atoms with Crippen LogP contribution >= 0.6 is 0 Å². The number of nitrogens with one attached hydrogen (secondary N) is 1. The van der Waals surface area contributed by atoms with E-state index in [-0.39, 0.29) is 5.91 Å². The molecule has 3 rings (SSSR count). The Morgan fingerprint density at radius 3 is 2.56 bits per heavy atom. The number of hydrogen-bond donors (Lipinski definition) is 1. The number of piperidine rings is 1. The molecule has 4 heteroatoms. The van der Waals surface area contributed by atoms with Crippen LogP contribution < -0.4 is 5.32 Å². The Labute approximate surface area is 163 Å². The van der Waals surface area contributed by atoms with Crippen LogP contribution in [0, 0.1) is 5.92 Å². The van der Waals surface area contributed by atoms with Gasteiger partial charge in [0.25, 0.3) is 0 Å². The van der Waals surface area contributed by atoms with Gasteiger partial charge in [0.1, 0.15) is 0 Å². The van der Waals surface area contributed by atoms with E-state index in [2.05, 4.69) is 22.3 Å². The molecular formula is C23H34N2O2. The maximum Gasteiger partial charge on any atom is 0.222 e. The fourth-order valence-electron chi connectivity index (χ4n) is 4.72. The van der Waals surface area contributed by atoms with Crippen LogP contribution in [0.25, 0.3) is 0 Å². The van der Waals surface area contributed by atoms with Gasteiger partial charge in [-0.25, -0.2) is 0 Å². The summed E-state index contributed by atoms with van der Waals surface area (Å²) >= 11 is 0. The van der Waals surface area contributed by atoms with E-state index in [1.165, 1.54) is 37.7 Å². The highest BCUT2D eigenvalue weighted by Gasteiger charge is 2.35. The van der Waals surface area contributed by atoms with Gasteiger partial charge in [-0.15, -0.1) is 0 Å². The van der Waals surface area contributed by atoms with Crippen LogP contribution in [-0.2, 0) is 16.0 Å². The Morgan fingerprint density at radius 2 is 1.70 bits per heavy atom. The second-order valence-electron chi connectivity index (χ2n) is 8.13. The predicted molar refractivity (Wildman–Crippen MR) is 108 cm³/mol. The number of hydrogen-bond acceptors (Lipinski definition) is 2. The van der Waals surface area contributed by atoms with Gasteiger partial charge in [0.05, 0.1) is 0 Å². The molecule has 1 N–H and O–H groups in total. The van der Waals surface area contributed by atoms with Gasteiger partial charge >= 0.3 is 0 Å². The van der Waals surface area contributed by atoms with Crippen molar-refractivity contribution >= 4 is 11.8 Å². The quantitative estimate of drug-likeness (QED) is 0.701. The number of benzene rings is 1. The van der Waals surface area contributed by atoms with Crippen molar-refractivity contribution in [2.75, 3.05) is 13.1 Å². The largest absolute Gasteiger partial charge is 0.356 e. The highest BCUT2D eigenvalue weighted by molar-refractivity contribution is 5.77. The Hall–Kier alpha value is -1.84. The summed E-state index contributed by atoms with van der Waals surface area (Å²) in [6.07, 6.45) is 11.2. The molecule has 1 aliphatic heterocycles. The van der Waals surface area contributed by atoms with Crippen LogP contribution in [-0.4, -0.2) is 35.8 Å². The van der Waals surface area contributed by atoms with E-state index in [9.17, 15) is 9.59 Å². The first-order valence-corrected chi connectivity index (χ1v) is 10.8. The number of fused-ring (bicyclic) bond motifs is 1. The predicted octanol–water partition coefficient (Wildman–Crippen LogP) is 4.09. The second kappa shape index (κ2) is 10.5. The highest BCUT2D eigenvalue weighted by atomic mass is 16.2. The molecule has 1 aliphatic carbocycles. The van der Waals surface area contributed by atoms with Crippen LogP contribution in [0.4, 0.5) is 0 Å². The van der Waals surface area contributed by atoms with Crippen molar-refractivity contribution in [1.82, 2.24) is 10.2 Å². The number of amides is 2. The number of unbranched alkanes of at least 4 members (excludes halogenated alkanes) is 1. The molecule has 0 bridgehead atoms. The van der Waals surface area contributed by atoms with E-state index in [0.29, 0.717) is 31.3 Å². The van der Waals surface area contributed by atoms with Crippen molar-refractivity contribution in [3.05, 3.63) is 35.9 Å². The molecule has 4 nitrogen and oxygen atoms in total. The van der Waals surface area contributed by atoms with Gasteiger partial charge < -0.3 is 10.2 Å². The zero-order valence-electron chi connectivity index (χ0n) is 16.5. The van der Waals surface area contributed by atoms with Gasteiger partial charge in [-0.2, -0.15) is 0 Å². The molecule has 2 atom stereocenters. The van der Waals surface area contributed by atoms with Gasteiger partial charge in [0.15, 0.2) is 0 Å². The molecule has 2 unspecified atom stereocenters. The lowest BCUT2D eigenvalue weighted by Gasteiger charge is -2.44. The number of carbonyl (C=O) groups excluding carboxylic acids is 2. The zero-order chi connectivity index (χ0) is 18.9. The molecule has 1 aromatic carbocycles. The van der Waals surface area contributed by atoms with Gasteiger partial charge in [-0.1, -0.05) is 43.2 Å². The lowest BCUT2D eigenvalue weighted by atomic mass is 9.78. The third-order valence-electron chi connectivity index (χ3n) is 6.19. The number of nitrogens with zero attached hydrogens (tertiary/aromatic N) is 1. The van der Waals surface area contributed by atoms with Gasteiger partial charge in [0.2, 0.25) is 11.8 Å². The molecule has 2 fully saturated rings. The number of rotatable bonds is 8. The lowest BCUT2D eigenvalue weighted by Crippen LogP contribution is -2.49. The summed E-state index contributed by atoms with van der Waals surface area (Å²) in [5, 5.41) is 2.99. The third-order valence-corrected chi connectivity index (χ3v) is 6.19. The number of likely N-dealkylation sites (tertiary alicyclic amines) is 1. The van der Waals surface area contributed by atoms with E-state index in [1.54, 1.807) is 0 Å². The smallest absolute Gasteiger partial charge is 0.222 e. The van der Waals surface area contributed by atoms with Crippen LogP contribution in [0.5, 0.6) is 0 Å². The van der Waals surface area contributed by atoms with Crippen molar-refractivity contribution in [2.45, 2.75) is 76.7 Å². The van der Waals surface area contributed by atoms with Crippen molar-refractivity contribution in [2.24, 2.45) is 5.92 Å². The normalized spacial score (nSPS) is 22.1. The fraction of sp³-hybridized carbons (Fsp3) is 0.652. The first-order valence-electron chi connectivity index (χ1n) is 10.8. The molecule has 1 saturated heterocycles. The summed E-state index contributed by atoms with van der Waals surface area (Å²) in [5.41, 5.74) is 1.24. The van der Waals surface area contributed by atoms with E-state index >= 15 is 0 Å². The van der Waals surface area contributed by atoms with Gasteiger partial charge in [-0.05, 0) is 56.4 Å². The highest BCUT2D eigenvalue weighted by Crippen LogP contribution is 2.35. The summed E-state index contributed by atoms with van der Waals surface area (Å²) in [6, 6.07) is 10.7. The molecule has 27 heavy (non-hydrogen) atoms. The third kappa shape index (κ3) is 6.08. The summed E-state index contributed by atoms with van der Waals surface area (Å²) in [5.74, 6) is 1.16. The molecule has 1 heterocycles. The standard InChI is InChI=1S/C23H34N2O2/c26-22(24-17-16-19-9-2-1-3-10-19)14-6-7-15-23(27)25-18-8-12-20-11-4-5-13-21(20)25/h1-3,9-10,20-21H,4-8,11-18H2,(H,24,26). The Morgan fingerprint density at radius 1 is 0.963 bits per heavy atom. The maximum atomic E-state index is 12.7. The Kier molecular flexibility index (Phi) is 7.73. The molecule has 0 spiro atoms. The van der Waals surface area contributed by atoms with E-state index in [1.807, 2.05) is 18.2 Å². The second-order valence-corrected chi connectivity index (χ2v) is 8.13. The number of carbonyl (C=O) groups is 2. The summed E-state index contributed by atoms with van der Waals surface area (Å²) in [6.45, 7) is 1.62. The Balaban J connectivity index is 1.29. The summed E-state index contributed by atoms with van der Waals surface area (Å²) in [4.78, 5) is 26.8. The van der Waals surface area contributed by atoms with Crippen molar-refractivity contribution in [1.29, 1.82) is 0 Å². The molecule has 0 aromatic heterocycles. The molecule has 2 aliphatic rings. The average molecular weight is 371 g/mol. The summed E-state index contributed by atoms with van der Waals surface area (Å²) < 4.78 is 0. The molecule has 1 aromatic rings. The molecular weight excluding hydrogens is 336 g/mol. The van der Waals surface area contributed by atoms with Crippen LogP contribution in [0.1, 0.15) is 69.8 Å². The van der Waals surface area contributed by atoms with Crippen LogP contribution in [0.15, 0.2) is 30.3 Å². The van der Waals surface area contributed by atoms with Crippen LogP contribution in [0.2, 0.25) is 0 Å². The van der Waals surface area contributed by atoms with Crippen LogP contribution in [0.3, 0.4) is 0 Å². The topological polar surface area (TPSA) is 49.4 Å². The van der Waals surface area contributed by atoms with Crippen molar-refractivity contribution in [3.8, 4) is 0 Å². The van der Waals surface area contributed by atoms with E-state index < -0.39 is 0 Å². The fourth-order valence-corrected chi connectivity index (χ4v) is 4.72. The first-order chi connectivity index (χ1) is 13.2. The van der Waals surface area contributed by atoms with E-state index in [0.717, 1.165) is 38.1 Å². The zero-order valence-corrected chi connectivity index (χ0v) is 16.5. The molecule has 148 valence electrons. The van der Waals surface area contributed by atoms with Crippen molar-refractivity contribution in [3.63, 3.8) is 0 Å². The minimum Gasteiger partial charge on any atom is -0.356 e. The minimum absolute atomic E-state index is 0.101.